The van der Waals surface area contributed by atoms with E-state index in [4.69, 9.17) is 0 Å². The Morgan fingerprint density at radius 3 is 2.61 bits per heavy atom. The van der Waals surface area contributed by atoms with Crippen molar-refractivity contribution in [3.05, 3.63) is 18.0 Å². The first-order valence-electron chi connectivity index (χ1n) is 7.02. The van der Waals surface area contributed by atoms with Crippen molar-refractivity contribution in [1.82, 2.24) is 15.3 Å². The second-order valence-corrected chi connectivity index (χ2v) is 5.25. The maximum Gasteiger partial charge on any atom is 0.225 e. The zero-order valence-electron chi connectivity index (χ0n) is 11.5. The molecule has 0 aliphatic heterocycles. The first-order valence-corrected chi connectivity index (χ1v) is 7.02. The summed E-state index contributed by atoms with van der Waals surface area (Å²) in [6.07, 6.45) is 9.14. The third kappa shape index (κ3) is 3.67. The minimum absolute atomic E-state index is 0.848. The average Bonchev–Trinajstić information content (AvgIpc) is 2.35. The van der Waals surface area contributed by atoms with E-state index in [-0.39, 0.29) is 0 Å². The smallest absolute Gasteiger partial charge is 0.225 e. The van der Waals surface area contributed by atoms with Crippen LogP contribution in [0, 0.1) is 5.92 Å². The van der Waals surface area contributed by atoms with Crippen molar-refractivity contribution in [2.24, 2.45) is 5.92 Å². The van der Waals surface area contributed by atoms with Crippen LogP contribution in [0.3, 0.4) is 0 Å². The molecule has 1 aliphatic rings. The lowest BCUT2D eigenvalue weighted by Gasteiger charge is -2.30. The van der Waals surface area contributed by atoms with Crippen molar-refractivity contribution < 1.29 is 0 Å². The molecular weight excluding hydrogens is 224 g/mol. The van der Waals surface area contributed by atoms with Crippen molar-refractivity contribution in [1.29, 1.82) is 0 Å². The predicted molar refractivity (Wildman–Crippen MR) is 74.6 cm³/mol. The lowest BCUT2D eigenvalue weighted by Crippen LogP contribution is -2.30. The molecular formula is C14H24N4. The summed E-state index contributed by atoms with van der Waals surface area (Å²) in [5, 5.41) is 3.36. The molecule has 1 aromatic heterocycles. The van der Waals surface area contributed by atoms with Gasteiger partial charge in [-0.1, -0.05) is 13.3 Å². The summed E-state index contributed by atoms with van der Waals surface area (Å²) in [7, 11) is 2.09. The molecule has 18 heavy (non-hydrogen) atoms. The van der Waals surface area contributed by atoms with E-state index in [1.807, 2.05) is 12.4 Å². The molecule has 0 aromatic carbocycles. The number of aromatic nitrogens is 2. The maximum absolute atomic E-state index is 4.44. The molecule has 0 amide bonds. The number of hydrogen-bond acceptors (Lipinski definition) is 4. The second-order valence-electron chi connectivity index (χ2n) is 5.25. The SMILES string of the molecule is CCCNCc1cnc(N(C)CC2CCC2)nc1. The van der Waals surface area contributed by atoms with Gasteiger partial charge in [0.25, 0.3) is 0 Å². The normalized spacial score (nSPS) is 15.4. The molecule has 4 nitrogen and oxygen atoms in total. The van der Waals surface area contributed by atoms with E-state index in [9.17, 15) is 0 Å². The van der Waals surface area contributed by atoms with E-state index in [0.29, 0.717) is 0 Å². The monoisotopic (exact) mass is 248 g/mol. The van der Waals surface area contributed by atoms with E-state index in [2.05, 4.69) is 34.2 Å². The highest BCUT2D eigenvalue weighted by molar-refractivity contribution is 5.28. The molecule has 100 valence electrons. The number of hydrogen-bond donors (Lipinski definition) is 1. The summed E-state index contributed by atoms with van der Waals surface area (Å²) in [5.41, 5.74) is 1.16. The Hall–Kier alpha value is -1.16. The standard InChI is InChI=1S/C14H24N4/c1-3-7-15-8-13-9-16-14(17-10-13)18(2)11-12-5-4-6-12/h9-10,12,15H,3-8,11H2,1-2H3. The molecule has 2 rings (SSSR count). The zero-order chi connectivity index (χ0) is 12.8. The van der Waals surface area contributed by atoms with Crippen molar-refractivity contribution >= 4 is 5.95 Å². The van der Waals surface area contributed by atoms with Gasteiger partial charge < -0.3 is 10.2 Å². The highest BCUT2D eigenvalue weighted by Crippen LogP contribution is 2.27. The highest BCUT2D eigenvalue weighted by atomic mass is 15.2. The zero-order valence-corrected chi connectivity index (χ0v) is 11.5. The first-order chi connectivity index (χ1) is 8.79. The van der Waals surface area contributed by atoms with Gasteiger partial charge in [0.05, 0.1) is 0 Å². The lowest BCUT2D eigenvalue weighted by atomic mass is 9.85. The maximum atomic E-state index is 4.44. The van der Waals surface area contributed by atoms with E-state index >= 15 is 0 Å². The molecule has 1 heterocycles. The molecule has 0 atom stereocenters. The Bertz CT molecular complexity index is 345. The minimum atomic E-state index is 0.848. The van der Waals surface area contributed by atoms with E-state index in [0.717, 1.165) is 43.5 Å². The summed E-state index contributed by atoms with van der Waals surface area (Å²) in [6.45, 7) is 5.17. The summed E-state index contributed by atoms with van der Waals surface area (Å²) in [5.74, 6) is 1.70. The first kappa shape index (κ1) is 13.3. The van der Waals surface area contributed by atoms with Crippen LogP contribution in [0.5, 0.6) is 0 Å². The number of rotatable bonds is 7. The number of anilines is 1. The van der Waals surface area contributed by atoms with Gasteiger partial charge in [0, 0.05) is 38.1 Å². The third-order valence-electron chi connectivity index (χ3n) is 3.55. The molecule has 4 heteroatoms. The molecule has 0 radical (unpaired) electrons. The Balaban J connectivity index is 1.81. The van der Waals surface area contributed by atoms with Crippen LogP contribution in [0.4, 0.5) is 5.95 Å². The Kier molecular flexibility index (Phi) is 4.93. The molecule has 0 saturated heterocycles. The predicted octanol–water partition coefficient (Wildman–Crippen LogP) is 2.21. The van der Waals surface area contributed by atoms with Gasteiger partial charge in [0.1, 0.15) is 0 Å². The Labute approximate surface area is 110 Å². The summed E-state index contributed by atoms with van der Waals surface area (Å²) in [6, 6.07) is 0. The van der Waals surface area contributed by atoms with Crippen molar-refractivity contribution in [2.45, 2.75) is 39.2 Å². The van der Waals surface area contributed by atoms with Crippen molar-refractivity contribution in [2.75, 3.05) is 25.0 Å². The Morgan fingerprint density at radius 1 is 1.33 bits per heavy atom. The lowest BCUT2D eigenvalue weighted by molar-refractivity contribution is 0.320. The average molecular weight is 248 g/mol. The topological polar surface area (TPSA) is 41.1 Å². The van der Waals surface area contributed by atoms with Crippen molar-refractivity contribution in [3.8, 4) is 0 Å². The largest absolute Gasteiger partial charge is 0.344 e. The molecule has 0 spiro atoms. The van der Waals surface area contributed by atoms with Gasteiger partial charge in [0.2, 0.25) is 5.95 Å². The van der Waals surface area contributed by atoms with Crippen LogP contribution < -0.4 is 10.2 Å². The van der Waals surface area contributed by atoms with E-state index in [1.54, 1.807) is 0 Å². The summed E-state index contributed by atoms with van der Waals surface area (Å²) >= 11 is 0. The molecule has 1 N–H and O–H groups in total. The van der Waals surface area contributed by atoms with Gasteiger partial charge in [-0.15, -0.1) is 0 Å². The van der Waals surface area contributed by atoms with Crippen LogP contribution >= 0.6 is 0 Å². The van der Waals surface area contributed by atoms with Crippen LogP contribution in [0.25, 0.3) is 0 Å². The number of nitrogens with one attached hydrogen (secondary N) is 1. The fourth-order valence-corrected chi connectivity index (χ4v) is 2.19. The van der Waals surface area contributed by atoms with Crippen LogP contribution in [0.2, 0.25) is 0 Å². The number of nitrogens with zero attached hydrogens (tertiary/aromatic N) is 3. The van der Waals surface area contributed by atoms with E-state index < -0.39 is 0 Å². The van der Waals surface area contributed by atoms with Gasteiger partial charge in [-0.25, -0.2) is 9.97 Å². The van der Waals surface area contributed by atoms with Gasteiger partial charge in [0.15, 0.2) is 0 Å². The minimum Gasteiger partial charge on any atom is -0.344 e. The third-order valence-corrected chi connectivity index (χ3v) is 3.55. The van der Waals surface area contributed by atoms with Gasteiger partial charge in [-0.2, -0.15) is 0 Å². The van der Waals surface area contributed by atoms with Crippen LogP contribution in [0.15, 0.2) is 12.4 Å². The summed E-state index contributed by atoms with van der Waals surface area (Å²) in [4.78, 5) is 11.1. The molecule has 1 saturated carbocycles. The highest BCUT2D eigenvalue weighted by Gasteiger charge is 2.19. The molecule has 0 unspecified atom stereocenters. The van der Waals surface area contributed by atoms with Crippen LogP contribution in [-0.4, -0.2) is 30.1 Å². The summed E-state index contributed by atoms with van der Waals surface area (Å²) < 4.78 is 0. The van der Waals surface area contributed by atoms with E-state index in [1.165, 1.54) is 19.3 Å². The second kappa shape index (κ2) is 6.69. The quantitative estimate of drug-likeness (QED) is 0.751. The van der Waals surface area contributed by atoms with Crippen LogP contribution in [-0.2, 0) is 6.54 Å². The fourth-order valence-electron chi connectivity index (χ4n) is 2.19. The molecule has 1 aliphatic carbocycles. The van der Waals surface area contributed by atoms with Gasteiger partial charge >= 0.3 is 0 Å². The van der Waals surface area contributed by atoms with Crippen LogP contribution in [0.1, 0.15) is 38.2 Å². The Morgan fingerprint density at radius 2 is 2.06 bits per heavy atom. The fraction of sp³-hybridized carbons (Fsp3) is 0.714. The molecule has 0 bridgehead atoms. The van der Waals surface area contributed by atoms with Gasteiger partial charge in [-0.3, -0.25) is 0 Å². The van der Waals surface area contributed by atoms with Crippen molar-refractivity contribution in [3.63, 3.8) is 0 Å². The molecule has 1 fully saturated rings. The van der Waals surface area contributed by atoms with Gasteiger partial charge in [-0.05, 0) is 31.7 Å². The molecule has 1 aromatic rings.